The molecule has 0 saturated carbocycles. The SMILES string of the molecule is CCCC(C(=O)NCc1ccccc1CS(=O)(=O)N1CCOCC1)c1ccccc1. The largest absolute Gasteiger partial charge is 0.379 e. The zero-order valence-corrected chi connectivity index (χ0v) is 18.2. The van der Waals surface area contributed by atoms with Crippen LogP contribution in [0.15, 0.2) is 54.6 Å². The Kier molecular flexibility index (Phi) is 8.01. The molecule has 1 N–H and O–H groups in total. The van der Waals surface area contributed by atoms with Crippen molar-refractivity contribution in [1.82, 2.24) is 9.62 Å². The van der Waals surface area contributed by atoms with Gasteiger partial charge in [-0.15, -0.1) is 0 Å². The number of nitrogens with one attached hydrogen (secondary N) is 1. The van der Waals surface area contributed by atoms with Crippen molar-refractivity contribution >= 4 is 15.9 Å². The van der Waals surface area contributed by atoms with Crippen LogP contribution in [0.25, 0.3) is 0 Å². The topological polar surface area (TPSA) is 75.7 Å². The van der Waals surface area contributed by atoms with Crippen molar-refractivity contribution in [2.75, 3.05) is 26.3 Å². The van der Waals surface area contributed by atoms with Crippen LogP contribution in [-0.2, 0) is 31.9 Å². The number of hydrogen-bond acceptors (Lipinski definition) is 4. The summed E-state index contributed by atoms with van der Waals surface area (Å²) in [5.74, 6) is -0.315. The number of nitrogens with zero attached hydrogens (tertiary/aromatic N) is 1. The number of rotatable bonds is 9. The number of sulfonamides is 1. The number of ether oxygens (including phenoxy) is 1. The highest BCUT2D eigenvalue weighted by Gasteiger charge is 2.26. The Morgan fingerprint density at radius 1 is 1.03 bits per heavy atom. The van der Waals surface area contributed by atoms with E-state index >= 15 is 0 Å². The molecule has 0 radical (unpaired) electrons. The van der Waals surface area contributed by atoms with E-state index in [1.54, 1.807) is 0 Å². The predicted octanol–water partition coefficient (Wildman–Crippen LogP) is 3.05. The Balaban J connectivity index is 1.69. The summed E-state index contributed by atoms with van der Waals surface area (Å²) < 4.78 is 32.4. The van der Waals surface area contributed by atoms with Gasteiger partial charge in [0, 0.05) is 19.6 Å². The maximum absolute atomic E-state index is 12.9. The first-order valence-corrected chi connectivity index (χ1v) is 12.1. The van der Waals surface area contributed by atoms with Crippen LogP contribution in [0.5, 0.6) is 0 Å². The lowest BCUT2D eigenvalue weighted by Gasteiger charge is -2.26. The molecule has 1 saturated heterocycles. The molecule has 6 nitrogen and oxygen atoms in total. The third kappa shape index (κ3) is 5.90. The van der Waals surface area contributed by atoms with Crippen molar-refractivity contribution in [2.24, 2.45) is 0 Å². The summed E-state index contributed by atoms with van der Waals surface area (Å²) in [6, 6.07) is 17.2. The van der Waals surface area contributed by atoms with Crippen LogP contribution in [0.1, 0.15) is 42.4 Å². The van der Waals surface area contributed by atoms with Crippen molar-refractivity contribution in [1.29, 1.82) is 0 Å². The predicted molar refractivity (Wildman–Crippen MR) is 117 cm³/mol. The van der Waals surface area contributed by atoms with Crippen LogP contribution in [0.3, 0.4) is 0 Å². The molecule has 0 bridgehead atoms. The fourth-order valence-electron chi connectivity index (χ4n) is 3.71. The number of amides is 1. The molecular weight excluding hydrogens is 400 g/mol. The van der Waals surface area contributed by atoms with E-state index < -0.39 is 10.0 Å². The van der Waals surface area contributed by atoms with E-state index in [2.05, 4.69) is 12.2 Å². The molecule has 2 aromatic carbocycles. The lowest BCUT2D eigenvalue weighted by Crippen LogP contribution is -2.41. The molecule has 7 heteroatoms. The highest BCUT2D eigenvalue weighted by atomic mass is 32.2. The molecule has 0 aromatic heterocycles. The van der Waals surface area contributed by atoms with Crippen molar-refractivity contribution in [3.05, 3.63) is 71.3 Å². The van der Waals surface area contributed by atoms with Gasteiger partial charge in [0.15, 0.2) is 0 Å². The minimum absolute atomic E-state index is 0.0334. The van der Waals surface area contributed by atoms with Gasteiger partial charge in [-0.25, -0.2) is 8.42 Å². The second-order valence-corrected chi connectivity index (χ2v) is 9.48. The van der Waals surface area contributed by atoms with Gasteiger partial charge in [-0.2, -0.15) is 4.31 Å². The van der Waals surface area contributed by atoms with Crippen molar-refractivity contribution < 1.29 is 17.9 Å². The number of hydrogen-bond donors (Lipinski definition) is 1. The van der Waals surface area contributed by atoms with E-state index in [0.29, 0.717) is 32.8 Å². The maximum atomic E-state index is 12.9. The van der Waals surface area contributed by atoms with Crippen molar-refractivity contribution in [3.8, 4) is 0 Å². The van der Waals surface area contributed by atoms with Gasteiger partial charge < -0.3 is 10.1 Å². The minimum Gasteiger partial charge on any atom is -0.379 e. The summed E-state index contributed by atoms with van der Waals surface area (Å²) in [5.41, 5.74) is 2.54. The van der Waals surface area contributed by atoms with Crippen LogP contribution >= 0.6 is 0 Å². The van der Waals surface area contributed by atoms with E-state index in [9.17, 15) is 13.2 Å². The summed E-state index contributed by atoms with van der Waals surface area (Å²) >= 11 is 0. The average Bonchev–Trinajstić information content (AvgIpc) is 2.77. The average molecular weight is 431 g/mol. The standard InChI is InChI=1S/C23H30N2O4S/c1-2-8-22(19-9-4-3-5-10-19)23(26)24-17-20-11-6-7-12-21(20)18-30(27,28)25-13-15-29-16-14-25/h3-7,9-12,22H,2,8,13-18H2,1H3,(H,24,26). The van der Waals surface area contributed by atoms with E-state index in [4.69, 9.17) is 4.74 Å². The Hall–Kier alpha value is -2.22. The molecule has 0 aliphatic carbocycles. The molecule has 1 heterocycles. The van der Waals surface area contributed by atoms with Gasteiger partial charge in [-0.3, -0.25) is 4.79 Å². The molecule has 1 fully saturated rings. The molecule has 2 aromatic rings. The fraction of sp³-hybridized carbons (Fsp3) is 0.435. The third-order valence-corrected chi connectivity index (χ3v) is 7.20. The second-order valence-electron chi connectivity index (χ2n) is 7.51. The number of benzene rings is 2. The number of carbonyl (C=O) groups excluding carboxylic acids is 1. The molecule has 1 amide bonds. The van der Waals surface area contributed by atoms with E-state index in [1.807, 2.05) is 54.6 Å². The minimum atomic E-state index is -3.42. The Morgan fingerprint density at radius 3 is 2.33 bits per heavy atom. The molecule has 0 spiro atoms. The number of carbonyl (C=O) groups is 1. The smallest absolute Gasteiger partial charge is 0.227 e. The van der Waals surface area contributed by atoms with Gasteiger partial charge in [-0.1, -0.05) is 67.9 Å². The molecular formula is C23H30N2O4S. The zero-order valence-electron chi connectivity index (χ0n) is 17.4. The monoisotopic (exact) mass is 430 g/mol. The van der Waals surface area contributed by atoms with Crippen molar-refractivity contribution in [3.63, 3.8) is 0 Å². The van der Waals surface area contributed by atoms with E-state index in [-0.39, 0.29) is 17.6 Å². The lowest BCUT2D eigenvalue weighted by atomic mass is 9.93. The molecule has 1 unspecified atom stereocenters. The summed E-state index contributed by atoms with van der Waals surface area (Å²) in [6.45, 7) is 3.99. The van der Waals surface area contributed by atoms with Gasteiger partial charge >= 0.3 is 0 Å². The highest BCUT2D eigenvalue weighted by Crippen LogP contribution is 2.22. The third-order valence-electron chi connectivity index (χ3n) is 5.37. The fourth-order valence-corrected chi connectivity index (χ4v) is 5.27. The van der Waals surface area contributed by atoms with Crippen LogP contribution in [0.2, 0.25) is 0 Å². The van der Waals surface area contributed by atoms with Gasteiger partial charge in [0.2, 0.25) is 15.9 Å². The summed E-state index contributed by atoms with van der Waals surface area (Å²) in [5, 5.41) is 3.02. The molecule has 1 aliphatic heterocycles. The summed E-state index contributed by atoms with van der Waals surface area (Å²) in [7, 11) is -3.42. The van der Waals surface area contributed by atoms with Crippen LogP contribution in [-0.4, -0.2) is 44.9 Å². The number of morpholine rings is 1. The van der Waals surface area contributed by atoms with E-state index in [1.165, 1.54) is 4.31 Å². The molecule has 30 heavy (non-hydrogen) atoms. The van der Waals surface area contributed by atoms with Crippen LogP contribution in [0, 0.1) is 0 Å². The first-order valence-electron chi connectivity index (χ1n) is 10.5. The highest BCUT2D eigenvalue weighted by molar-refractivity contribution is 7.88. The first kappa shape index (κ1) is 22.5. The normalized spacial score (nSPS) is 16.2. The molecule has 3 rings (SSSR count). The van der Waals surface area contributed by atoms with Crippen LogP contribution < -0.4 is 5.32 Å². The van der Waals surface area contributed by atoms with Gasteiger partial charge in [0.25, 0.3) is 0 Å². The lowest BCUT2D eigenvalue weighted by molar-refractivity contribution is -0.122. The van der Waals surface area contributed by atoms with Crippen LogP contribution in [0.4, 0.5) is 0 Å². The van der Waals surface area contributed by atoms with Gasteiger partial charge in [0.1, 0.15) is 0 Å². The first-order chi connectivity index (χ1) is 14.5. The molecule has 1 aliphatic rings. The maximum Gasteiger partial charge on any atom is 0.227 e. The van der Waals surface area contributed by atoms with Gasteiger partial charge in [0.05, 0.1) is 24.9 Å². The Labute approximate surface area is 179 Å². The summed E-state index contributed by atoms with van der Waals surface area (Å²) in [4.78, 5) is 12.9. The zero-order chi connectivity index (χ0) is 21.4. The van der Waals surface area contributed by atoms with Gasteiger partial charge in [-0.05, 0) is 23.1 Å². The molecule has 1 atom stereocenters. The quantitative estimate of drug-likeness (QED) is 0.663. The molecule has 162 valence electrons. The Morgan fingerprint density at radius 2 is 1.67 bits per heavy atom. The summed E-state index contributed by atoms with van der Waals surface area (Å²) in [6.07, 6.45) is 1.67. The van der Waals surface area contributed by atoms with E-state index in [0.717, 1.165) is 29.5 Å². The van der Waals surface area contributed by atoms with Crippen molar-refractivity contribution in [2.45, 2.75) is 38.0 Å². The Bertz CT molecular complexity index is 925. The second kappa shape index (κ2) is 10.7.